The highest BCUT2D eigenvalue weighted by atomic mass is 35.5. The molecule has 1 amide bonds. The number of piperazine rings is 1. The van der Waals surface area contributed by atoms with Gasteiger partial charge in [0.05, 0.1) is 33.7 Å². The molecule has 2 aliphatic rings. The van der Waals surface area contributed by atoms with Gasteiger partial charge in [0.15, 0.2) is 5.82 Å². The second kappa shape index (κ2) is 9.69. The number of fused-ring (bicyclic) bond motifs is 1. The monoisotopic (exact) mass is 566 g/mol. The molecule has 40 heavy (non-hydrogen) atoms. The lowest BCUT2D eigenvalue weighted by molar-refractivity contribution is 0.0506. The lowest BCUT2D eigenvalue weighted by Gasteiger charge is -2.47. The van der Waals surface area contributed by atoms with Crippen LogP contribution in [-0.2, 0) is 5.41 Å². The van der Waals surface area contributed by atoms with Crippen LogP contribution in [0.1, 0.15) is 65.5 Å². The molecule has 1 aromatic carbocycles. The van der Waals surface area contributed by atoms with E-state index in [0.717, 1.165) is 0 Å². The van der Waals surface area contributed by atoms with Crippen LogP contribution in [0.3, 0.4) is 0 Å². The normalized spacial score (nSPS) is 17.6. The lowest BCUT2D eigenvalue weighted by atomic mass is 9.92. The fourth-order valence-corrected chi connectivity index (χ4v) is 5.83. The molecule has 11 heteroatoms. The van der Waals surface area contributed by atoms with E-state index >= 15 is 0 Å². The summed E-state index contributed by atoms with van der Waals surface area (Å²) in [6.07, 6.45) is 1.49. The summed E-state index contributed by atoms with van der Waals surface area (Å²) in [4.78, 5) is 45.1. The van der Waals surface area contributed by atoms with Crippen molar-refractivity contribution in [1.29, 1.82) is 0 Å². The summed E-state index contributed by atoms with van der Waals surface area (Å²) in [5, 5.41) is 9.54. The van der Waals surface area contributed by atoms with Gasteiger partial charge in [-0.1, -0.05) is 25.4 Å². The van der Waals surface area contributed by atoms with E-state index in [-0.39, 0.29) is 22.2 Å². The molecule has 0 radical (unpaired) electrons. The second-order valence-corrected chi connectivity index (χ2v) is 12.2. The molecule has 0 aliphatic carbocycles. The molecule has 0 atom stereocenters. The van der Waals surface area contributed by atoms with Crippen LogP contribution in [0.2, 0.25) is 5.02 Å². The number of carboxylic acids is 1. The number of pyridine rings is 1. The Morgan fingerprint density at radius 2 is 1.77 bits per heavy atom. The summed E-state index contributed by atoms with van der Waals surface area (Å²) in [6, 6.07) is 6.43. The van der Waals surface area contributed by atoms with Crippen molar-refractivity contribution >= 4 is 40.8 Å². The highest BCUT2D eigenvalue weighted by molar-refractivity contribution is 6.30. The third-order valence-corrected chi connectivity index (χ3v) is 8.01. The first-order valence-corrected chi connectivity index (χ1v) is 13.5. The summed E-state index contributed by atoms with van der Waals surface area (Å²) < 4.78 is 14.2. The van der Waals surface area contributed by atoms with Crippen molar-refractivity contribution in [3.05, 3.63) is 69.5 Å². The maximum Gasteiger partial charge on any atom is 0.337 e. The summed E-state index contributed by atoms with van der Waals surface area (Å²) in [5.41, 5.74) is 1.90. The van der Waals surface area contributed by atoms with Gasteiger partial charge in [0.2, 0.25) is 0 Å². The topological polar surface area (TPSA) is 103 Å². The van der Waals surface area contributed by atoms with Crippen molar-refractivity contribution in [2.45, 2.75) is 52.5 Å². The molecule has 3 aromatic rings. The van der Waals surface area contributed by atoms with Gasteiger partial charge in [0, 0.05) is 37.3 Å². The van der Waals surface area contributed by atoms with Gasteiger partial charge in [-0.15, -0.1) is 0 Å². The van der Waals surface area contributed by atoms with Gasteiger partial charge in [0.25, 0.3) is 5.91 Å². The number of amides is 1. The number of hydrogen-bond acceptors (Lipinski definition) is 7. The Labute approximate surface area is 237 Å². The molecule has 1 fully saturated rings. The summed E-state index contributed by atoms with van der Waals surface area (Å²) in [6.45, 7) is 13.5. The number of aryl methyl sites for hydroxylation is 2. The van der Waals surface area contributed by atoms with E-state index < -0.39 is 22.7 Å². The van der Waals surface area contributed by atoms with Gasteiger partial charge in [-0.25, -0.2) is 24.1 Å². The predicted molar refractivity (Wildman–Crippen MR) is 151 cm³/mol. The van der Waals surface area contributed by atoms with Crippen LogP contribution < -0.4 is 9.80 Å². The van der Waals surface area contributed by atoms with Gasteiger partial charge in [-0.2, -0.15) is 0 Å². The smallest absolute Gasteiger partial charge is 0.337 e. The van der Waals surface area contributed by atoms with Crippen molar-refractivity contribution < 1.29 is 19.1 Å². The van der Waals surface area contributed by atoms with Crippen LogP contribution in [0.4, 0.5) is 21.7 Å². The molecular weight excluding hydrogens is 535 g/mol. The highest BCUT2D eigenvalue weighted by Crippen LogP contribution is 2.42. The van der Waals surface area contributed by atoms with E-state index in [2.05, 4.69) is 14.9 Å². The molecule has 1 saturated heterocycles. The third kappa shape index (κ3) is 4.74. The summed E-state index contributed by atoms with van der Waals surface area (Å²) in [5.74, 6) is -0.433. The Hall–Kier alpha value is -3.79. The van der Waals surface area contributed by atoms with Crippen LogP contribution in [0.5, 0.6) is 0 Å². The van der Waals surface area contributed by atoms with E-state index in [4.69, 9.17) is 16.6 Å². The van der Waals surface area contributed by atoms with Crippen molar-refractivity contribution in [2.75, 3.05) is 36.0 Å². The first-order chi connectivity index (χ1) is 18.7. The molecule has 0 spiro atoms. The number of rotatable bonds is 4. The Morgan fingerprint density at radius 3 is 2.40 bits per heavy atom. The Kier molecular flexibility index (Phi) is 6.73. The zero-order valence-corrected chi connectivity index (χ0v) is 24.2. The van der Waals surface area contributed by atoms with Gasteiger partial charge in [-0.3, -0.25) is 4.79 Å². The molecule has 2 aromatic heterocycles. The van der Waals surface area contributed by atoms with Gasteiger partial charge < -0.3 is 19.8 Å². The first kappa shape index (κ1) is 27.8. The molecule has 2 aliphatic heterocycles. The Morgan fingerprint density at radius 1 is 1.05 bits per heavy atom. The zero-order valence-electron chi connectivity index (χ0n) is 23.4. The highest BCUT2D eigenvalue weighted by Gasteiger charge is 2.42. The largest absolute Gasteiger partial charge is 0.478 e. The predicted octanol–water partition coefficient (Wildman–Crippen LogP) is 5.15. The van der Waals surface area contributed by atoms with Crippen LogP contribution in [0.25, 0.3) is 0 Å². The average molecular weight is 567 g/mol. The number of benzene rings is 1. The number of nitrogens with zero attached hydrogens (tertiary/aromatic N) is 6. The van der Waals surface area contributed by atoms with E-state index in [9.17, 15) is 19.1 Å². The number of carbonyl (C=O) groups is 2. The van der Waals surface area contributed by atoms with Crippen molar-refractivity contribution in [3.8, 4) is 0 Å². The molecule has 0 unspecified atom stereocenters. The molecule has 210 valence electrons. The minimum absolute atomic E-state index is 0.0514. The van der Waals surface area contributed by atoms with E-state index in [1.807, 2.05) is 32.6 Å². The van der Waals surface area contributed by atoms with Crippen molar-refractivity contribution in [1.82, 2.24) is 19.9 Å². The maximum atomic E-state index is 14.2. The molecule has 9 nitrogen and oxygen atoms in total. The summed E-state index contributed by atoms with van der Waals surface area (Å²) >= 11 is 5.88. The molecular formula is C29H32ClFN6O3. The number of aromatic nitrogens is 3. The Bertz CT molecular complexity index is 1520. The third-order valence-electron chi connectivity index (χ3n) is 7.71. The average Bonchev–Trinajstić information content (AvgIpc) is 3.14. The zero-order chi connectivity index (χ0) is 29.1. The van der Waals surface area contributed by atoms with Crippen molar-refractivity contribution in [2.24, 2.45) is 0 Å². The maximum absolute atomic E-state index is 14.2. The number of halogens is 2. The Balaban J connectivity index is 1.39. The van der Waals surface area contributed by atoms with Crippen LogP contribution in [0.15, 0.2) is 30.5 Å². The molecule has 5 rings (SSSR count). The van der Waals surface area contributed by atoms with Gasteiger partial charge in [-0.05, 0) is 57.5 Å². The quantitative estimate of drug-likeness (QED) is 0.462. The molecule has 0 saturated carbocycles. The number of carbonyl (C=O) groups excluding carboxylic acids is 1. The van der Waals surface area contributed by atoms with Crippen LogP contribution in [-0.4, -0.2) is 68.6 Å². The number of carboxylic acid groups (broad SMARTS) is 1. The van der Waals surface area contributed by atoms with Gasteiger partial charge in [0.1, 0.15) is 17.3 Å². The first-order valence-electron chi connectivity index (χ1n) is 13.1. The van der Waals surface area contributed by atoms with E-state index in [0.29, 0.717) is 60.5 Å². The van der Waals surface area contributed by atoms with E-state index in [1.54, 1.807) is 30.9 Å². The number of anilines is 3. The lowest BCUT2D eigenvalue weighted by Crippen LogP contribution is -2.61. The minimum atomic E-state index is -0.994. The van der Waals surface area contributed by atoms with Crippen LogP contribution >= 0.6 is 11.6 Å². The fraction of sp³-hybridized carbons (Fsp3) is 0.414. The number of hydrogen-bond donors (Lipinski definition) is 1. The standard InChI is InChI=1S/C29H32ClFN6O3/c1-16-11-22(33-17(2)23(16)27(39)40)35-9-10-37(29(5,6)15-35)26(38)21-13-32-25-24(34-21)28(3,4)14-36(25)18-7-8-19(30)20(31)12-18/h7-8,11-13H,9-10,14-15H2,1-6H3,(H,39,40). The minimum Gasteiger partial charge on any atom is -0.478 e. The molecule has 1 N–H and O–H groups in total. The SMILES string of the molecule is Cc1cc(N2CCN(C(=O)c3cnc4c(n3)C(C)(C)CN4c3ccc(Cl)c(F)c3)C(C)(C)C2)nc(C)c1C(=O)O. The molecule has 0 bridgehead atoms. The molecule has 4 heterocycles. The van der Waals surface area contributed by atoms with Crippen molar-refractivity contribution in [3.63, 3.8) is 0 Å². The van der Waals surface area contributed by atoms with E-state index in [1.165, 1.54) is 18.3 Å². The number of aromatic carboxylic acids is 1. The van der Waals surface area contributed by atoms with Crippen LogP contribution in [0, 0.1) is 19.7 Å². The summed E-state index contributed by atoms with van der Waals surface area (Å²) in [7, 11) is 0. The van der Waals surface area contributed by atoms with Gasteiger partial charge >= 0.3 is 5.97 Å². The second-order valence-electron chi connectivity index (χ2n) is 11.7. The fourth-order valence-electron chi connectivity index (χ4n) is 5.71.